The maximum atomic E-state index is 15.2. The van der Waals surface area contributed by atoms with Crippen molar-refractivity contribution in [3.8, 4) is 22.8 Å². The summed E-state index contributed by atoms with van der Waals surface area (Å²) in [4.78, 5) is 30.6. The van der Waals surface area contributed by atoms with Gasteiger partial charge in [-0.05, 0) is 74.9 Å². The Bertz CT molecular complexity index is 1950. The second kappa shape index (κ2) is 10.7. The van der Waals surface area contributed by atoms with Crippen molar-refractivity contribution in [1.82, 2.24) is 20.1 Å². The van der Waals surface area contributed by atoms with Crippen molar-refractivity contribution >= 4 is 22.7 Å². The number of methoxy groups -OCH3 is 1. The van der Waals surface area contributed by atoms with Crippen molar-refractivity contribution in [2.24, 2.45) is 11.7 Å². The fraction of sp³-hybridized carbons (Fsp3) is 0.394. The predicted octanol–water partition coefficient (Wildman–Crippen LogP) is 4.76. The summed E-state index contributed by atoms with van der Waals surface area (Å²) < 4.78 is 69.3. The summed E-state index contributed by atoms with van der Waals surface area (Å²) in [5, 5.41) is 20.3. The molecule has 0 bridgehead atoms. The van der Waals surface area contributed by atoms with E-state index in [1.54, 1.807) is 12.1 Å². The molecule has 3 heterocycles. The summed E-state index contributed by atoms with van der Waals surface area (Å²) in [6, 6.07) is 6.84. The van der Waals surface area contributed by atoms with Crippen LogP contribution < -0.4 is 20.5 Å². The van der Waals surface area contributed by atoms with Crippen LogP contribution in [0.5, 0.6) is 11.5 Å². The number of aromatic nitrogens is 3. The molecule has 0 unspecified atom stereocenters. The molecule has 10 nitrogen and oxygen atoms in total. The molecule has 47 heavy (non-hydrogen) atoms. The van der Waals surface area contributed by atoms with Crippen LogP contribution in [0, 0.1) is 11.7 Å². The van der Waals surface area contributed by atoms with E-state index < -0.39 is 51.9 Å². The highest BCUT2D eigenvalue weighted by Crippen LogP contribution is 2.50. The Labute approximate surface area is 265 Å². The van der Waals surface area contributed by atoms with Crippen molar-refractivity contribution in [3.63, 3.8) is 0 Å². The van der Waals surface area contributed by atoms with Crippen LogP contribution in [-0.4, -0.2) is 51.9 Å². The fourth-order valence-electron chi connectivity index (χ4n) is 6.13. The third-order valence-electron chi connectivity index (χ3n) is 9.37. The van der Waals surface area contributed by atoms with E-state index in [1.807, 2.05) is 10.9 Å². The number of alkyl halides is 3. The van der Waals surface area contributed by atoms with Crippen LogP contribution in [0.4, 0.5) is 17.6 Å². The molecule has 2 saturated carbocycles. The highest BCUT2D eigenvalue weighted by molar-refractivity contribution is 6.00. The number of benzene rings is 2. The number of primary amides is 1. The Hall–Kier alpha value is -4.72. The first kappa shape index (κ1) is 30.9. The standard InChI is InChI=1S/C33H31F4N5O5/c1-31(30(38)44)15-47-28-22(31)12-25(40-27(28)21-11-19(33(35,36)37)5-8-23(21)34)32(45,18-3-4-18)14-39-29(43)16-9-17-13-42(20-6-7-20)41-26(17)24(10-16)46-2/h5,8-13,18,20,45H,3-4,6-7,14-15H2,1-2H3,(H2,38,44)(H,39,43)/t31-,32+/m0/s1. The van der Waals surface area contributed by atoms with Gasteiger partial charge in [0.2, 0.25) is 5.91 Å². The maximum Gasteiger partial charge on any atom is 0.416 e. The van der Waals surface area contributed by atoms with Gasteiger partial charge in [0.1, 0.15) is 46.1 Å². The quantitative estimate of drug-likeness (QED) is 0.221. The predicted molar refractivity (Wildman–Crippen MR) is 160 cm³/mol. The largest absolute Gasteiger partial charge is 0.494 e. The Balaban J connectivity index is 1.28. The van der Waals surface area contributed by atoms with Crippen molar-refractivity contribution in [3.05, 3.63) is 70.8 Å². The number of fused-ring (bicyclic) bond motifs is 2. The molecule has 2 fully saturated rings. The normalized spacial score (nSPS) is 20.4. The van der Waals surface area contributed by atoms with Crippen molar-refractivity contribution < 1.29 is 41.7 Å². The van der Waals surface area contributed by atoms with E-state index in [0.29, 0.717) is 53.7 Å². The summed E-state index contributed by atoms with van der Waals surface area (Å²) in [5.41, 5.74) is 1.41. The van der Waals surface area contributed by atoms with Crippen LogP contribution in [0.3, 0.4) is 0 Å². The average Bonchev–Trinajstić information content (AvgIpc) is 3.98. The molecule has 246 valence electrons. The number of nitrogens with two attached hydrogens (primary N) is 1. The lowest BCUT2D eigenvalue weighted by Gasteiger charge is -2.30. The molecule has 0 radical (unpaired) electrons. The van der Waals surface area contributed by atoms with E-state index in [1.165, 1.54) is 20.1 Å². The topological polar surface area (TPSA) is 142 Å². The number of pyridine rings is 1. The van der Waals surface area contributed by atoms with Crippen LogP contribution in [0.1, 0.15) is 65.8 Å². The van der Waals surface area contributed by atoms with E-state index in [2.05, 4.69) is 15.4 Å². The van der Waals surface area contributed by atoms with Crippen LogP contribution in [0.2, 0.25) is 0 Å². The smallest absolute Gasteiger partial charge is 0.416 e. The minimum Gasteiger partial charge on any atom is -0.494 e. The number of amides is 2. The third-order valence-corrected chi connectivity index (χ3v) is 9.37. The zero-order chi connectivity index (χ0) is 33.5. The molecule has 0 saturated heterocycles. The molecule has 7 rings (SSSR count). The molecular formula is C33H31F4N5O5. The van der Waals surface area contributed by atoms with Gasteiger partial charge in [-0.2, -0.15) is 18.3 Å². The van der Waals surface area contributed by atoms with Gasteiger partial charge in [-0.25, -0.2) is 9.37 Å². The first-order chi connectivity index (χ1) is 22.2. The molecule has 2 aromatic carbocycles. The van der Waals surface area contributed by atoms with E-state index in [0.717, 1.165) is 12.8 Å². The van der Waals surface area contributed by atoms with Crippen molar-refractivity contribution in [1.29, 1.82) is 0 Å². The number of carbonyl (C=O) groups excluding carboxylic acids is 2. The highest BCUT2D eigenvalue weighted by Gasteiger charge is 2.50. The zero-order valence-corrected chi connectivity index (χ0v) is 25.4. The SMILES string of the molecule is COc1cc(C(=O)NC[C@](O)(c2cc3c(c(-c4cc(C(F)(F)F)ccc4F)n2)OC[C@]3(C)C(N)=O)C2CC2)cc2cn(C3CC3)nc12. The maximum absolute atomic E-state index is 15.2. The van der Waals surface area contributed by atoms with Gasteiger partial charge in [-0.15, -0.1) is 0 Å². The summed E-state index contributed by atoms with van der Waals surface area (Å²) in [6.07, 6.45) is 0.227. The van der Waals surface area contributed by atoms with E-state index in [9.17, 15) is 27.9 Å². The van der Waals surface area contributed by atoms with Gasteiger partial charge in [0.05, 0.1) is 31.0 Å². The Kier molecular flexibility index (Phi) is 7.01. The first-order valence-electron chi connectivity index (χ1n) is 15.2. The number of aliphatic hydroxyl groups is 1. The minimum absolute atomic E-state index is 0.0671. The van der Waals surface area contributed by atoms with E-state index >= 15 is 4.39 Å². The van der Waals surface area contributed by atoms with Gasteiger partial charge in [-0.1, -0.05) is 0 Å². The molecule has 4 aromatic rings. The molecule has 2 atom stereocenters. The molecule has 3 aliphatic rings. The van der Waals surface area contributed by atoms with Crippen LogP contribution in [-0.2, 0) is 22.0 Å². The minimum atomic E-state index is -4.78. The monoisotopic (exact) mass is 653 g/mol. The van der Waals surface area contributed by atoms with Crippen LogP contribution in [0.25, 0.3) is 22.2 Å². The van der Waals surface area contributed by atoms with E-state index in [-0.39, 0.29) is 41.4 Å². The van der Waals surface area contributed by atoms with Gasteiger partial charge in [0, 0.05) is 28.3 Å². The number of ether oxygens (including phenoxy) is 2. The molecule has 1 aliphatic heterocycles. The van der Waals surface area contributed by atoms with E-state index in [4.69, 9.17) is 15.2 Å². The Morgan fingerprint density at radius 1 is 1.17 bits per heavy atom. The third kappa shape index (κ3) is 5.24. The second-order valence-corrected chi connectivity index (χ2v) is 12.7. The average molecular weight is 654 g/mol. The molecule has 2 aliphatic carbocycles. The number of hydrogen-bond donors (Lipinski definition) is 3. The second-order valence-electron chi connectivity index (χ2n) is 12.7. The van der Waals surface area contributed by atoms with Gasteiger partial charge in [0.25, 0.3) is 5.91 Å². The van der Waals surface area contributed by atoms with Gasteiger partial charge in [-0.3, -0.25) is 14.3 Å². The lowest BCUT2D eigenvalue weighted by molar-refractivity contribution is -0.137. The summed E-state index contributed by atoms with van der Waals surface area (Å²) in [5.74, 6) is -2.44. The molecule has 14 heteroatoms. The molecule has 4 N–H and O–H groups in total. The first-order valence-corrected chi connectivity index (χ1v) is 15.2. The fourth-order valence-corrected chi connectivity index (χ4v) is 6.13. The molecular weight excluding hydrogens is 622 g/mol. The van der Waals surface area contributed by atoms with Gasteiger partial charge in [0.15, 0.2) is 0 Å². The number of nitrogens with zero attached hydrogens (tertiary/aromatic N) is 3. The Morgan fingerprint density at radius 3 is 2.55 bits per heavy atom. The molecule has 2 amide bonds. The van der Waals surface area contributed by atoms with Crippen LogP contribution >= 0.6 is 0 Å². The number of halogens is 4. The number of rotatable bonds is 9. The van der Waals surface area contributed by atoms with Crippen molar-refractivity contribution in [2.45, 2.75) is 55.8 Å². The number of nitrogens with one attached hydrogen (secondary N) is 1. The number of carbonyl (C=O) groups is 2. The van der Waals surface area contributed by atoms with Gasteiger partial charge < -0.3 is 25.6 Å². The summed E-state index contributed by atoms with van der Waals surface area (Å²) in [6.45, 7) is 0.878. The van der Waals surface area contributed by atoms with Crippen LogP contribution in [0.15, 0.2) is 42.6 Å². The van der Waals surface area contributed by atoms with Gasteiger partial charge >= 0.3 is 6.18 Å². The Morgan fingerprint density at radius 2 is 1.91 bits per heavy atom. The molecule has 0 spiro atoms. The summed E-state index contributed by atoms with van der Waals surface area (Å²) >= 11 is 0. The zero-order valence-electron chi connectivity index (χ0n) is 25.4. The lowest BCUT2D eigenvalue weighted by Crippen LogP contribution is -2.44. The molecule has 2 aromatic heterocycles. The lowest BCUT2D eigenvalue weighted by atomic mass is 9.81. The highest BCUT2D eigenvalue weighted by atomic mass is 19.4. The number of hydrogen-bond acceptors (Lipinski definition) is 7. The van der Waals surface area contributed by atoms with Crippen molar-refractivity contribution in [2.75, 3.05) is 20.3 Å². The summed E-state index contributed by atoms with van der Waals surface area (Å²) in [7, 11) is 1.48.